The molecule has 0 bridgehead atoms. The number of benzene rings is 4. The van der Waals surface area contributed by atoms with Gasteiger partial charge in [0.25, 0.3) is 11.9 Å². The van der Waals surface area contributed by atoms with Crippen molar-refractivity contribution in [2.75, 3.05) is 59.9 Å². The number of aromatic nitrogens is 10. The average Bonchev–Trinajstić information content (AvgIpc) is 1.86. The fourth-order valence-corrected chi connectivity index (χ4v) is 11.8. The van der Waals surface area contributed by atoms with Crippen molar-refractivity contribution in [3.8, 4) is 5.75 Å². The molecule has 28 heteroatoms. The Balaban J connectivity index is 0.865. The molecule has 3 unspecified atom stereocenters. The predicted molar refractivity (Wildman–Crippen MR) is 316 cm³/mol. The monoisotopic (exact) mass is 1280 g/mol. The van der Waals surface area contributed by atoms with Crippen LogP contribution in [0, 0.1) is 36.5 Å². The summed E-state index contributed by atoms with van der Waals surface area (Å²) in [6, 6.07) is 17.8. The number of likely N-dealkylation sites (N-methyl/N-ethyl adjacent to an activating group) is 1. The molecule has 16 nitrogen and oxygen atoms in total. The minimum Gasteiger partial charge on any atom is -0.494 e. The Morgan fingerprint density at radius 1 is 0.538 bits per heavy atom. The van der Waals surface area contributed by atoms with Crippen LogP contribution in [0.15, 0.2) is 84.9 Å². The van der Waals surface area contributed by atoms with E-state index in [1.807, 2.05) is 56.3 Å². The smallest absolute Gasteiger partial charge is 0.416 e. The van der Waals surface area contributed by atoms with E-state index in [0.717, 1.165) is 49.5 Å². The van der Waals surface area contributed by atoms with Crippen molar-refractivity contribution in [1.29, 1.82) is 0 Å². The highest BCUT2D eigenvalue weighted by Gasteiger charge is 2.43. The minimum atomic E-state index is -5.10. The highest BCUT2D eigenvalue weighted by atomic mass is 19.4. The van der Waals surface area contributed by atoms with Crippen LogP contribution in [0.25, 0.3) is 21.8 Å². The fourth-order valence-electron chi connectivity index (χ4n) is 11.8. The number of hydrogen-bond acceptors (Lipinski definition) is 14. The van der Waals surface area contributed by atoms with Crippen LogP contribution in [0.1, 0.15) is 102 Å². The Hall–Kier alpha value is -8.04. The van der Waals surface area contributed by atoms with Crippen molar-refractivity contribution in [2.24, 2.45) is 29.6 Å². The van der Waals surface area contributed by atoms with Crippen LogP contribution in [0.4, 0.5) is 76.2 Å². The van der Waals surface area contributed by atoms with Gasteiger partial charge >= 0.3 is 24.7 Å². The van der Waals surface area contributed by atoms with E-state index >= 15 is 0 Å². The van der Waals surface area contributed by atoms with Crippen molar-refractivity contribution >= 4 is 45.3 Å². The summed E-state index contributed by atoms with van der Waals surface area (Å²) in [4.78, 5) is 20.6. The second kappa shape index (κ2) is 24.9. The molecule has 0 amide bonds. The number of anilines is 4. The molecule has 12 rings (SSSR count). The van der Waals surface area contributed by atoms with E-state index in [1.54, 1.807) is 20.2 Å². The Morgan fingerprint density at radius 2 is 0.978 bits per heavy atom. The van der Waals surface area contributed by atoms with Crippen molar-refractivity contribution in [1.82, 2.24) is 55.7 Å². The SMILES string of the molecule is CNC(C)Cn1nnc(N(Cc2cc(C(F)(F)F)cc(C(F)(F)F)c2)Cc2cc3cccc(C)c3nc2N(CC2CC2)CC2CC2Cn2nnc(N(Cc3cc(C(F)(F)F)cc(C(F)(F)F)c3)Cc3cc4cccc(OC)c4nc3N(CC3CC3)CC3CC3)n2)n1. The van der Waals surface area contributed by atoms with Crippen molar-refractivity contribution < 1.29 is 57.4 Å². The first kappa shape index (κ1) is 63.1. The zero-order valence-corrected chi connectivity index (χ0v) is 50.3. The van der Waals surface area contributed by atoms with Gasteiger partial charge in [0.2, 0.25) is 0 Å². The molecule has 0 aliphatic heterocycles. The molecule has 0 spiro atoms. The van der Waals surface area contributed by atoms with Crippen LogP contribution in [-0.4, -0.2) is 96.8 Å². The molecule has 4 fully saturated rings. The lowest BCUT2D eigenvalue weighted by atomic mass is 10.0. The summed E-state index contributed by atoms with van der Waals surface area (Å²) >= 11 is 0. The topological polar surface area (TPSA) is 147 Å². The summed E-state index contributed by atoms with van der Waals surface area (Å²) in [5.41, 5.74) is -3.04. The summed E-state index contributed by atoms with van der Waals surface area (Å²) in [6.45, 7) is 5.57. The lowest BCUT2D eigenvalue weighted by Gasteiger charge is -2.29. The van der Waals surface area contributed by atoms with E-state index in [9.17, 15) is 52.7 Å². The molecule has 484 valence electrons. The van der Waals surface area contributed by atoms with E-state index in [2.05, 4.69) is 40.8 Å². The van der Waals surface area contributed by atoms with Gasteiger partial charge in [0.1, 0.15) is 22.9 Å². The van der Waals surface area contributed by atoms with Gasteiger partial charge in [-0.05, 0) is 177 Å². The predicted octanol–water partition coefficient (Wildman–Crippen LogP) is 13.3. The van der Waals surface area contributed by atoms with Gasteiger partial charge in [-0.1, -0.05) is 40.5 Å². The molecule has 4 aliphatic carbocycles. The number of rotatable bonds is 26. The van der Waals surface area contributed by atoms with Gasteiger partial charge in [0, 0.05) is 80.3 Å². The molecule has 4 saturated carbocycles. The summed E-state index contributed by atoms with van der Waals surface area (Å²) in [5, 5.41) is 31.2. The fraction of sp³-hybridized carbons (Fsp3) is 0.492. The van der Waals surface area contributed by atoms with Gasteiger partial charge in [-0.15, -0.1) is 10.2 Å². The third kappa shape index (κ3) is 15.3. The minimum absolute atomic E-state index is 0.00212. The number of methoxy groups -OCH3 is 1. The van der Waals surface area contributed by atoms with E-state index in [-0.39, 0.29) is 79.2 Å². The molecule has 0 saturated heterocycles. The third-order valence-corrected chi connectivity index (χ3v) is 17.4. The lowest BCUT2D eigenvalue weighted by molar-refractivity contribution is -0.144. The zero-order valence-electron chi connectivity index (χ0n) is 50.3. The first-order valence-corrected chi connectivity index (χ1v) is 30.4. The molecule has 4 aromatic carbocycles. The number of ether oxygens (including phenoxy) is 1. The average molecular weight is 1280 g/mol. The largest absolute Gasteiger partial charge is 0.494 e. The molecule has 1 N–H and O–H groups in total. The van der Waals surface area contributed by atoms with E-state index in [1.165, 1.54) is 19.4 Å². The second-order valence-corrected chi connectivity index (χ2v) is 25.0. The van der Waals surface area contributed by atoms with E-state index < -0.39 is 60.0 Å². The number of alkyl halides is 12. The normalized spacial score (nSPS) is 17.5. The van der Waals surface area contributed by atoms with Crippen LogP contribution in [0.5, 0.6) is 5.75 Å². The quantitative estimate of drug-likeness (QED) is 0.0513. The maximum absolute atomic E-state index is 14.4. The summed E-state index contributed by atoms with van der Waals surface area (Å²) in [6.07, 6.45) is -13.7. The number of nitrogens with zero attached hydrogens (tertiary/aromatic N) is 14. The molecule has 8 aromatic rings. The molecular formula is C63H67F12N15O. The number of hydrogen-bond donors (Lipinski definition) is 1. The molecule has 3 atom stereocenters. The van der Waals surface area contributed by atoms with Gasteiger partial charge < -0.3 is 29.7 Å². The maximum atomic E-state index is 14.4. The highest BCUT2D eigenvalue weighted by molar-refractivity contribution is 5.87. The lowest BCUT2D eigenvalue weighted by Crippen LogP contribution is -2.32. The number of aryl methyl sites for hydroxylation is 1. The Kier molecular flexibility index (Phi) is 17.3. The van der Waals surface area contributed by atoms with Crippen LogP contribution < -0.4 is 29.7 Å². The van der Waals surface area contributed by atoms with Crippen LogP contribution in [0.3, 0.4) is 0 Å². The Bertz CT molecular complexity index is 3830. The third-order valence-electron chi connectivity index (χ3n) is 17.4. The summed E-state index contributed by atoms with van der Waals surface area (Å²) < 4.78 is 178. The number of tetrazole rings is 2. The maximum Gasteiger partial charge on any atom is 0.416 e. The summed E-state index contributed by atoms with van der Waals surface area (Å²) in [5.74, 6) is 2.72. The number of para-hydroxylation sites is 2. The number of fused-ring (bicyclic) bond motifs is 2. The number of halogens is 12. The van der Waals surface area contributed by atoms with Crippen molar-refractivity contribution in [3.63, 3.8) is 0 Å². The first-order valence-electron chi connectivity index (χ1n) is 30.4. The number of nitrogens with one attached hydrogen (secondary N) is 1. The Labute approximate surface area is 515 Å². The highest BCUT2D eigenvalue weighted by Crippen LogP contribution is 2.45. The van der Waals surface area contributed by atoms with Gasteiger partial charge in [-0.25, -0.2) is 9.97 Å². The van der Waals surface area contributed by atoms with Gasteiger partial charge in [0.15, 0.2) is 0 Å². The molecule has 0 radical (unpaired) electrons. The molecular weight excluding hydrogens is 1210 g/mol. The van der Waals surface area contributed by atoms with E-state index in [0.29, 0.717) is 120 Å². The first-order chi connectivity index (χ1) is 43.2. The number of pyridine rings is 2. The van der Waals surface area contributed by atoms with Crippen LogP contribution in [0.2, 0.25) is 0 Å². The Morgan fingerprint density at radius 3 is 1.44 bits per heavy atom. The van der Waals surface area contributed by atoms with E-state index in [4.69, 9.17) is 19.8 Å². The van der Waals surface area contributed by atoms with Crippen molar-refractivity contribution in [2.45, 2.75) is 129 Å². The van der Waals surface area contributed by atoms with Crippen LogP contribution >= 0.6 is 0 Å². The molecule has 4 aromatic heterocycles. The van der Waals surface area contributed by atoms with Gasteiger partial charge in [0.05, 0.1) is 48.0 Å². The summed E-state index contributed by atoms with van der Waals surface area (Å²) in [7, 11) is 3.28. The van der Waals surface area contributed by atoms with Gasteiger partial charge in [-0.3, -0.25) is 0 Å². The molecule has 4 heterocycles. The second-order valence-electron chi connectivity index (χ2n) is 25.0. The van der Waals surface area contributed by atoms with Crippen LogP contribution in [-0.2, 0) is 64.0 Å². The van der Waals surface area contributed by atoms with Gasteiger partial charge in [-0.2, -0.15) is 62.3 Å². The van der Waals surface area contributed by atoms with Crippen molar-refractivity contribution in [3.05, 3.63) is 135 Å². The standard InChI is InChI=1S/C63H67F12N15O/c1-36-7-5-8-43-21-47(33-87(58-79-83-89(81-58)26-37(2)76-3)30-41-17-49(60(64,65)66)24-50(18-41)61(67,68)69)56(77-54(36)43)86(29-40-15-16-40)32-45-23-46(45)35-90-82-59(80-84-90)88(31-42-19-51(62(70,71)72)25-52(20-42)63(73,74)75)34-48-22-44-9-6-10-53(91-4)55(44)78-57(48)85(27-38-11-12-38)28-39-13-14-39/h5-10,17-22,24-25,37-40,45-46,76H,11-16,23,26-35H2,1-4H3. The molecule has 4 aliphatic rings. The molecule has 91 heavy (non-hydrogen) atoms. The zero-order chi connectivity index (χ0) is 64.3.